The number of ether oxygens (including phenoxy) is 1. The molecular formula is C12H23NO2S. The third-order valence-electron chi connectivity index (χ3n) is 2.68. The number of hydrogen-bond acceptors (Lipinski definition) is 4. The molecule has 4 heteroatoms. The highest BCUT2D eigenvalue weighted by molar-refractivity contribution is 7.99. The standard InChI is InChI=1S/C12H23NO2S/c1-2-3-7-15-12(14)10-13-9-11-6-4-5-8-16-11/h11,13H,2-10H2,1H3. The summed E-state index contributed by atoms with van der Waals surface area (Å²) in [5.74, 6) is 1.15. The Bertz CT molecular complexity index is 193. The topological polar surface area (TPSA) is 38.3 Å². The predicted molar refractivity (Wildman–Crippen MR) is 68.8 cm³/mol. The molecule has 1 rings (SSSR count). The Kier molecular flexibility index (Phi) is 7.68. The summed E-state index contributed by atoms with van der Waals surface area (Å²) in [6, 6.07) is 0. The van der Waals surface area contributed by atoms with Gasteiger partial charge < -0.3 is 10.1 Å². The molecule has 3 nitrogen and oxygen atoms in total. The molecule has 1 N–H and O–H groups in total. The number of carbonyl (C=O) groups excluding carboxylic acids is 1. The van der Waals surface area contributed by atoms with Gasteiger partial charge in [-0.25, -0.2) is 0 Å². The quantitative estimate of drug-likeness (QED) is 0.551. The number of hydrogen-bond donors (Lipinski definition) is 1. The molecule has 0 aliphatic carbocycles. The molecule has 1 unspecified atom stereocenters. The summed E-state index contributed by atoms with van der Waals surface area (Å²) in [5, 5.41) is 3.88. The van der Waals surface area contributed by atoms with Crippen molar-refractivity contribution in [2.24, 2.45) is 0 Å². The third-order valence-corrected chi connectivity index (χ3v) is 4.07. The van der Waals surface area contributed by atoms with Crippen molar-refractivity contribution in [2.75, 3.05) is 25.4 Å². The fourth-order valence-corrected chi connectivity index (χ4v) is 2.96. The Morgan fingerprint density at radius 1 is 1.50 bits per heavy atom. The zero-order valence-corrected chi connectivity index (χ0v) is 11.0. The first-order valence-electron chi connectivity index (χ1n) is 6.31. The molecule has 94 valence electrons. The van der Waals surface area contributed by atoms with Crippen LogP contribution in [0.25, 0.3) is 0 Å². The van der Waals surface area contributed by atoms with E-state index in [1.165, 1.54) is 25.0 Å². The lowest BCUT2D eigenvalue weighted by Crippen LogP contribution is -2.32. The Balaban J connectivity index is 1.94. The summed E-state index contributed by atoms with van der Waals surface area (Å²) < 4.78 is 5.06. The van der Waals surface area contributed by atoms with Gasteiger partial charge in [-0.15, -0.1) is 0 Å². The average molecular weight is 245 g/mol. The van der Waals surface area contributed by atoms with Crippen molar-refractivity contribution < 1.29 is 9.53 Å². The highest BCUT2D eigenvalue weighted by atomic mass is 32.2. The summed E-state index contributed by atoms with van der Waals surface area (Å²) in [6.07, 6.45) is 5.99. The first kappa shape index (κ1) is 13.8. The molecule has 1 aliphatic rings. The highest BCUT2D eigenvalue weighted by Gasteiger charge is 2.13. The second kappa shape index (κ2) is 8.88. The summed E-state index contributed by atoms with van der Waals surface area (Å²) in [6.45, 7) is 3.95. The van der Waals surface area contributed by atoms with Crippen LogP contribution in [0.3, 0.4) is 0 Å². The van der Waals surface area contributed by atoms with E-state index >= 15 is 0 Å². The lowest BCUT2D eigenvalue weighted by atomic mass is 10.2. The molecule has 1 aliphatic heterocycles. The van der Waals surface area contributed by atoms with Crippen molar-refractivity contribution in [3.05, 3.63) is 0 Å². The van der Waals surface area contributed by atoms with E-state index in [4.69, 9.17) is 4.74 Å². The van der Waals surface area contributed by atoms with Gasteiger partial charge in [-0.2, -0.15) is 11.8 Å². The number of nitrogens with one attached hydrogen (secondary N) is 1. The van der Waals surface area contributed by atoms with Crippen molar-refractivity contribution in [3.8, 4) is 0 Å². The van der Waals surface area contributed by atoms with Crippen molar-refractivity contribution in [1.82, 2.24) is 5.32 Å². The van der Waals surface area contributed by atoms with Gasteiger partial charge in [0.25, 0.3) is 0 Å². The maximum atomic E-state index is 11.3. The highest BCUT2D eigenvalue weighted by Crippen LogP contribution is 2.24. The van der Waals surface area contributed by atoms with Crippen LogP contribution in [-0.2, 0) is 9.53 Å². The number of rotatable bonds is 7. The molecule has 1 heterocycles. The van der Waals surface area contributed by atoms with Gasteiger partial charge in [0.05, 0.1) is 13.2 Å². The average Bonchev–Trinajstić information content (AvgIpc) is 2.31. The molecule has 16 heavy (non-hydrogen) atoms. The van der Waals surface area contributed by atoms with Gasteiger partial charge in [0.15, 0.2) is 0 Å². The second-order valence-electron chi connectivity index (χ2n) is 4.19. The smallest absolute Gasteiger partial charge is 0.319 e. The Hall–Kier alpha value is -0.220. The molecule has 1 fully saturated rings. The molecular weight excluding hydrogens is 222 g/mol. The van der Waals surface area contributed by atoms with Gasteiger partial charge >= 0.3 is 5.97 Å². The Morgan fingerprint density at radius 3 is 3.06 bits per heavy atom. The largest absolute Gasteiger partial charge is 0.465 e. The molecule has 0 saturated carbocycles. The van der Waals surface area contributed by atoms with Crippen molar-refractivity contribution in [3.63, 3.8) is 0 Å². The van der Waals surface area contributed by atoms with Gasteiger partial charge in [0.1, 0.15) is 0 Å². The summed E-state index contributed by atoms with van der Waals surface area (Å²) in [4.78, 5) is 11.3. The van der Waals surface area contributed by atoms with E-state index in [2.05, 4.69) is 12.2 Å². The first-order valence-corrected chi connectivity index (χ1v) is 7.35. The predicted octanol–water partition coefficient (Wildman–Crippen LogP) is 2.21. The minimum absolute atomic E-state index is 0.116. The third kappa shape index (κ3) is 6.38. The molecule has 0 spiro atoms. The van der Waals surface area contributed by atoms with Crippen LogP contribution in [0.5, 0.6) is 0 Å². The summed E-state index contributed by atoms with van der Waals surface area (Å²) >= 11 is 2.02. The van der Waals surface area contributed by atoms with Crippen LogP contribution in [0.2, 0.25) is 0 Å². The molecule has 0 aromatic heterocycles. The minimum Gasteiger partial charge on any atom is -0.465 e. The zero-order chi connectivity index (χ0) is 11.6. The van der Waals surface area contributed by atoms with E-state index in [-0.39, 0.29) is 5.97 Å². The number of esters is 1. The van der Waals surface area contributed by atoms with Crippen LogP contribution in [0.1, 0.15) is 39.0 Å². The van der Waals surface area contributed by atoms with Crippen molar-refractivity contribution in [1.29, 1.82) is 0 Å². The van der Waals surface area contributed by atoms with Crippen molar-refractivity contribution in [2.45, 2.75) is 44.3 Å². The van der Waals surface area contributed by atoms with Crippen LogP contribution in [0.15, 0.2) is 0 Å². The van der Waals surface area contributed by atoms with Gasteiger partial charge in [-0.1, -0.05) is 19.8 Å². The number of unbranched alkanes of at least 4 members (excludes halogenated alkanes) is 1. The molecule has 0 radical (unpaired) electrons. The van der Waals surface area contributed by atoms with Crippen LogP contribution >= 0.6 is 11.8 Å². The molecule has 1 atom stereocenters. The fraction of sp³-hybridized carbons (Fsp3) is 0.917. The van der Waals surface area contributed by atoms with E-state index in [9.17, 15) is 4.79 Å². The molecule has 0 amide bonds. The number of thioether (sulfide) groups is 1. The van der Waals surface area contributed by atoms with Gasteiger partial charge in [-0.3, -0.25) is 4.79 Å². The van der Waals surface area contributed by atoms with E-state index in [1.807, 2.05) is 11.8 Å². The molecule has 0 aromatic rings. The van der Waals surface area contributed by atoms with E-state index in [0.717, 1.165) is 19.4 Å². The first-order chi connectivity index (χ1) is 7.83. The molecule has 1 saturated heterocycles. The maximum Gasteiger partial charge on any atom is 0.319 e. The second-order valence-corrected chi connectivity index (χ2v) is 5.60. The monoisotopic (exact) mass is 245 g/mol. The Labute approximate surface area is 103 Å². The van der Waals surface area contributed by atoms with Gasteiger partial charge in [0, 0.05) is 11.8 Å². The van der Waals surface area contributed by atoms with E-state index in [1.54, 1.807) is 0 Å². The SMILES string of the molecule is CCCCOC(=O)CNCC1CCCCS1. The molecule has 0 aromatic carbocycles. The van der Waals surface area contributed by atoms with Crippen LogP contribution in [0.4, 0.5) is 0 Å². The summed E-state index contributed by atoms with van der Waals surface area (Å²) in [7, 11) is 0. The van der Waals surface area contributed by atoms with Crippen LogP contribution < -0.4 is 5.32 Å². The van der Waals surface area contributed by atoms with Crippen molar-refractivity contribution >= 4 is 17.7 Å². The van der Waals surface area contributed by atoms with Crippen LogP contribution in [-0.4, -0.2) is 36.7 Å². The Morgan fingerprint density at radius 2 is 2.38 bits per heavy atom. The van der Waals surface area contributed by atoms with E-state index in [0.29, 0.717) is 18.4 Å². The van der Waals surface area contributed by atoms with E-state index < -0.39 is 0 Å². The minimum atomic E-state index is -0.116. The molecule has 0 bridgehead atoms. The summed E-state index contributed by atoms with van der Waals surface area (Å²) in [5.41, 5.74) is 0. The van der Waals surface area contributed by atoms with Crippen LogP contribution in [0, 0.1) is 0 Å². The normalized spacial score (nSPS) is 20.7. The maximum absolute atomic E-state index is 11.3. The fourth-order valence-electron chi connectivity index (χ4n) is 1.68. The lowest BCUT2D eigenvalue weighted by Gasteiger charge is -2.21. The van der Waals surface area contributed by atoms with Gasteiger partial charge in [0.2, 0.25) is 0 Å². The van der Waals surface area contributed by atoms with Gasteiger partial charge in [-0.05, 0) is 25.0 Å². The lowest BCUT2D eigenvalue weighted by molar-refractivity contribution is -0.142. The number of carbonyl (C=O) groups is 1. The zero-order valence-electron chi connectivity index (χ0n) is 10.2.